The molecule has 0 unspecified atom stereocenters. The van der Waals surface area contributed by atoms with Crippen molar-refractivity contribution in [3.8, 4) is 0 Å². The Hall–Kier alpha value is -5.88. The highest BCUT2D eigenvalue weighted by Gasteiger charge is 2.02. The molecule has 0 aliphatic rings. The van der Waals surface area contributed by atoms with Crippen LogP contribution >= 0.6 is 0 Å². The van der Waals surface area contributed by atoms with Crippen molar-refractivity contribution in [2.45, 2.75) is 19.3 Å². The molecule has 0 atom stereocenters. The third kappa shape index (κ3) is 10.4. The van der Waals surface area contributed by atoms with E-state index in [9.17, 15) is 0 Å². The van der Waals surface area contributed by atoms with Crippen molar-refractivity contribution >= 4 is 34.1 Å². The summed E-state index contributed by atoms with van der Waals surface area (Å²) in [6.45, 7) is 0. The van der Waals surface area contributed by atoms with Crippen LogP contribution in [-0.4, -0.2) is 0 Å². The van der Waals surface area contributed by atoms with Gasteiger partial charge in [-0.3, -0.25) is 0 Å². The molecular formula is C39H42N6. The van der Waals surface area contributed by atoms with E-state index in [1.54, 1.807) is 0 Å². The SMILES string of the molecule is Nc1ccc(Cc2ccc(N)cc2)cc1.Nc1ccc(Cc2ccccc2N)cc1.Nc1ccccc1Cc1ccccc1N. The molecule has 0 fully saturated rings. The average molecular weight is 595 g/mol. The van der Waals surface area contributed by atoms with E-state index in [0.29, 0.717) is 0 Å². The summed E-state index contributed by atoms with van der Waals surface area (Å²) in [6.07, 6.45) is 2.56. The number of hydrogen-bond acceptors (Lipinski definition) is 6. The number of anilines is 6. The van der Waals surface area contributed by atoms with Crippen LogP contribution in [0, 0.1) is 0 Å². The smallest absolute Gasteiger partial charge is 0.0349 e. The molecule has 0 aliphatic carbocycles. The van der Waals surface area contributed by atoms with Gasteiger partial charge < -0.3 is 34.4 Å². The van der Waals surface area contributed by atoms with Crippen molar-refractivity contribution in [3.05, 3.63) is 179 Å². The molecule has 0 bridgehead atoms. The Kier molecular flexibility index (Phi) is 11.5. The fourth-order valence-electron chi connectivity index (χ4n) is 4.65. The molecule has 0 radical (unpaired) electrons. The van der Waals surface area contributed by atoms with E-state index in [4.69, 9.17) is 34.4 Å². The molecule has 0 spiro atoms. The second-order valence-electron chi connectivity index (χ2n) is 10.9. The molecule has 6 aromatic carbocycles. The average Bonchev–Trinajstić information content (AvgIpc) is 3.04. The van der Waals surface area contributed by atoms with Gasteiger partial charge in [0.25, 0.3) is 0 Å². The molecule has 6 heteroatoms. The van der Waals surface area contributed by atoms with E-state index in [1.807, 2.05) is 146 Å². The zero-order valence-electron chi connectivity index (χ0n) is 25.4. The molecule has 0 saturated carbocycles. The Morgan fingerprint density at radius 1 is 0.267 bits per heavy atom. The molecule has 6 aromatic rings. The molecule has 0 aliphatic heterocycles. The molecule has 0 saturated heterocycles. The maximum atomic E-state index is 5.88. The van der Waals surface area contributed by atoms with Gasteiger partial charge in [-0.1, -0.05) is 91.0 Å². The number of benzene rings is 6. The molecule has 0 heterocycles. The largest absolute Gasteiger partial charge is 0.399 e. The third-order valence-electron chi connectivity index (χ3n) is 7.29. The summed E-state index contributed by atoms with van der Waals surface area (Å²) < 4.78 is 0. The fraction of sp³-hybridized carbons (Fsp3) is 0.0769. The maximum absolute atomic E-state index is 5.88. The van der Waals surface area contributed by atoms with Crippen LogP contribution in [0.3, 0.4) is 0 Å². The predicted octanol–water partition coefficient (Wildman–Crippen LogP) is 7.33. The van der Waals surface area contributed by atoms with Gasteiger partial charge in [-0.2, -0.15) is 0 Å². The van der Waals surface area contributed by atoms with Crippen molar-refractivity contribution in [2.75, 3.05) is 34.4 Å². The maximum Gasteiger partial charge on any atom is 0.0349 e. The molecule has 0 amide bonds. The minimum atomic E-state index is 0.791. The van der Waals surface area contributed by atoms with Gasteiger partial charge in [0.1, 0.15) is 0 Å². The number of para-hydroxylation sites is 3. The Bertz CT molecular complexity index is 1680. The zero-order chi connectivity index (χ0) is 32.0. The van der Waals surface area contributed by atoms with Gasteiger partial charge in [-0.25, -0.2) is 0 Å². The Morgan fingerprint density at radius 3 is 0.844 bits per heavy atom. The summed E-state index contributed by atoms with van der Waals surface area (Å²) in [5.41, 5.74) is 46.5. The van der Waals surface area contributed by atoms with Crippen molar-refractivity contribution in [3.63, 3.8) is 0 Å². The van der Waals surface area contributed by atoms with Gasteiger partial charge in [0.2, 0.25) is 0 Å². The summed E-state index contributed by atoms with van der Waals surface area (Å²) in [6, 6.07) is 47.4. The highest BCUT2D eigenvalue weighted by Crippen LogP contribution is 2.20. The van der Waals surface area contributed by atoms with E-state index in [-0.39, 0.29) is 0 Å². The fourth-order valence-corrected chi connectivity index (χ4v) is 4.65. The van der Waals surface area contributed by atoms with Crippen molar-refractivity contribution in [1.82, 2.24) is 0 Å². The lowest BCUT2D eigenvalue weighted by Gasteiger charge is -2.07. The molecule has 6 rings (SSSR count). The first-order chi connectivity index (χ1) is 21.8. The zero-order valence-corrected chi connectivity index (χ0v) is 25.4. The molecule has 6 nitrogen and oxygen atoms in total. The Balaban J connectivity index is 0.000000154. The Morgan fingerprint density at radius 2 is 0.533 bits per heavy atom. The second-order valence-corrected chi connectivity index (χ2v) is 10.9. The minimum absolute atomic E-state index is 0.791. The second kappa shape index (κ2) is 16.1. The summed E-state index contributed by atoms with van der Waals surface area (Å²) in [7, 11) is 0. The lowest BCUT2D eigenvalue weighted by Crippen LogP contribution is -1.98. The monoisotopic (exact) mass is 594 g/mol. The van der Waals surface area contributed by atoms with Gasteiger partial charge in [0.15, 0.2) is 0 Å². The first-order valence-electron chi connectivity index (χ1n) is 14.8. The van der Waals surface area contributed by atoms with Crippen LogP contribution in [0.1, 0.15) is 33.4 Å². The van der Waals surface area contributed by atoms with E-state index in [2.05, 4.69) is 0 Å². The Labute approximate surface area is 266 Å². The highest BCUT2D eigenvalue weighted by molar-refractivity contribution is 5.54. The predicted molar refractivity (Wildman–Crippen MR) is 194 cm³/mol. The van der Waals surface area contributed by atoms with Crippen LogP contribution in [0.25, 0.3) is 0 Å². The lowest BCUT2D eigenvalue weighted by molar-refractivity contribution is 1.19. The van der Waals surface area contributed by atoms with Crippen LogP contribution in [0.2, 0.25) is 0 Å². The van der Waals surface area contributed by atoms with Gasteiger partial charge in [0.05, 0.1) is 0 Å². The minimum Gasteiger partial charge on any atom is -0.399 e. The summed E-state index contributed by atoms with van der Waals surface area (Å²) in [5, 5.41) is 0. The standard InChI is InChI=1S/3C13H14N2/c14-12-5-1-10(2-6-12)9-11-3-7-13(15)8-4-11;14-12-7-3-1-5-10(12)9-11-6-2-4-8-13(11)15;14-12-7-5-10(6-8-12)9-11-3-1-2-4-13(11)15/h3*1-8H,9,14-15H2. The van der Waals surface area contributed by atoms with Crippen LogP contribution in [0.4, 0.5) is 34.1 Å². The van der Waals surface area contributed by atoms with E-state index < -0.39 is 0 Å². The molecule has 45 heavy (non-hydrogen) atoms. The lowest BCUT2D eigenvalue weighted by atomic mass is 10.0. The normalized spacial score (nSPS) is 10.1. The molecular weight excluding hydrogens is 552 g/mol. The number of nitrogens with two attached hydrogens (primary N) is 6. The number of nitrogen functional groups attached to an aromatic ring is 6. The van der Waals surface area contributed by atoms with Crippen molar-refractivity contribution in [2.24, 2.45) is 0 Å². The van der Waals surface area contributed by atoms with E-state index >= 15 is 0 Å². The van der Waals surface area contributed by atoms with Crippen LogP contribution in [0.5, 0.6) is 0 Å². The molecule has 0 aromatic heterocycles. The third-order valence-corrected chi connectivity index (χ3v) is 7.29. The van der Waals surface area contributed by atoms with E-state index in [1.165, 1.54) is 16.7 Å². The van der Waals surface area contributed by atoms with E-state index in [0.717, 1.165) is 70.1 Å². The quantitative estimate of drug-likeness (QED) is 0.111. The van der Waals surface area contributed by atoms with Gasteiger partial charge in [-0.05, 0) is 101 Å². The number of rotatable bonds is 6. The van der Waals surface area contributed by atoms with Gasteiger partial charge in [0, 0.05) is 40.5 Å². The summed E-state index contributed by atoms with van der Waals surface area (Å²) in [4.78, 5) is 0. The summed E-state index contributed by atoms with van der Waals surface area (Å²) in [5.74, 6) is 0. The van der Waals surface area contributed by atoms with Crippen molar-refractivity contribution in [1.29, 1.82) is 0 Å². The topological polar surface area (TPSA) is 156 Å². The number of hydrogen-bond donors (Lipinski definition) is 6. The summed E-state index contributed by atoms with van der Waals surface area (Å²) >= 11 is 0. The van der Waals surface area contributed by atoms with Crippen LogP contribution < -0.4 is 34.4 Å². The molecule has 12 N–H and O–H groups in total. The molecule has 228 valence electrons. The van der Waals surface area contributed by atoms with Crippen molar-refractivity contribution < 1.29 is 0 Å². The van der Waals surface area contributed by atoms with Gasteiger partial charge >= 0.3 is 0 Å². The van der Waals surface area contributed by atoms with Crippen LogP contribution in [-0.2, 0) is 19.3 Å². The first kappa shape index (κ1) is 32.0. The van der Waals surface area contributed by atoms with Crippen LogP contribution in [0.15, 0.2) is 146 Å². The van der Waals surface area contributed by atoms with Gasteiger partial charge in [-0.15, -0.1) is 0 Å². The first-order valence-corrected chi connectivity index (χ1v) is 14.8. The highest BCUT2D eigenvalue weighted by atomic mass is 14.6.